The van der Waals surface area contributed by atoms with E-state index in [0.717, 1.165) is 55.9 Å². The van der Waals surface area contributed by atoms with E-state index in [1.54, 1.807) is 43.5 Å². The molecule has 0 aliphatic carbocycles. The Balaban J connectivity index is 0.844. The number of carbonyl (C=O) groups excluding carboxylic acids is 2. The number of hydrogen-bond donors (Lipinski definition) is 0. The average molecular weight is 974 g/mol. The summed E-state index contributed by atoms with van der Waals surface area (Å²) >= 11 is 0. The second kappa shape index (κ2) is 19.7. The molecule has 74 heavy (non-hydrogen) atoms. The molecule has 0 aliphatic rings. The van der Waals surface area contributed by atoms with E-state index in [1.165, 1.54) is 39.9 Å². The van der Waals surface area contributed by atoms with Gasteiger partial charge in [0.2, 0.25) is 0 Å². The maximum atomic E-state index is 12.9. The first kappa shape index (κ1) is 48.9. The number of fused-ring (bicyclic) bond motifs is 3. The SMILES string of the molecule is COc1ccc(C(C)(C)c2ccc(-c3ccc4c(c3)c3cc(-c5ccc(C(C)(C)c6ccc(OC(=O)Oc7ccc(C(C)(C)c8ccc(OC(C)=O)cc8)cc7)cc6)cc5)ccc3n4-c3ccccc3)cc2)cc1. The van der Waals surface area contributed by atoms with Crippen LogP contribution in [0.3, 0.4) is 0 Å². The predicted molar refractivity (Wildman–Crippen MR) is 298 cm³/mol. The molecule has 0 unspecified atom stereocenters. The molecular weight excluding hydrogens is 915 g/mol. The van der Waals surface area contributed by atoms with Gasteiger partial charge in [0.15, 0.2) is 0 Å². The topological polar surface area (TPSA) is 76.0 Å². The van der Waals surface area contributed by atoms with E-state index < -0.39 is 6.16 Å². The summed E-state index contributed by atoms with van der Waals surface area (Å²) < 4.78 is 24.1. The molecule has 7 nitrogen and oxygen atoms in total. The van der Waals surface area contributed by atoms with Gasteiger partial charge in [-0.1, -0.05) is 169 Å². The molecule has 0 saturated carbocycles. The maximum absolute atomic E-state index is 12.9. The predicted octanol–water partition coefficient (Wildman–Crippen LogP) is 16.6. The summed E-state index contributed by atoms with van der Waals surface area (Å²) in [5.74, 6) is 1.76. The van der Waals surface area contributed by atoms with E-state index in [1.807, 2.05) is 48.5 Å². The normalized spacial score (nSPS) is 11.9. The lowest BCUT2D eigenvalue weighted by atomic mass is 9.78. The van der Waals surface area contributed by atoms with Crippen LogP contribution in [0.15, 0.2) is 212 Å². The average Bonchev–Trinajstić information content (AvgIpc) is 3.74. The molecule has 368 valence electrons. The Morgan fingerprint density at radius 1 is 0.365 bits per heavy atom. The third kappa shape index (κ3) is 9.69. The molecule has 0 atom stereocenters. The van der Waals surface area contributed by atoms with Crippen molar-refractivity contribution in [3.8, 4) is 50.9 Å². The van der Waals surface area contributed by atoms with E-state index >= 15 is 0 Å². The second-order valence-electron chi connectivity index (χ2n) is 20.5. The van der Waals surface area contributed by atoms with Gasteiger partial charge >= 0.3 is 12.1 Å². The molecule has 0 N–H and O–H groups in total. The Hall–Kier alpha value is -8.68. The van der Waals surface area contributed by atoms with Gasteiger partial charge in [-0.05, 0) is 141 Å². The first-order valence-electron chi connectivity index (χ1n) is 25.0. The molecule has 1 aromatic heterocycles. The van der Waals surface area contributed by atoms with Crippen molar-refractivity contribution in [2.24, 2.45) is 0 Å². The largest absolute Gasteiger partial charge is 0.519 e. The number of rotatable bonds is 13. The number of aromatic nitrogens is 1. The Bertz CT molecular complexity index is 3630. The van der Waals surface area contributed by atoms with Crippen molar-refractivity contribution in [3.63, 3.8) is 0 Å². The summed E-state index contributed by atoms with van der Waals surface area (Å²) in [5.41, 5.74) is 14.0. The summed E-state index contributed by atoms with van der Waals surface area (Å²) in [6.45, 7) is 14.5. The van der Waals surface area contributed by atoms with Crippen LogP contribution in [0.4, 0.5) is 4.79 Å². The second-order valence-corrected chi connectivity index (χ2v) is 20.5. The van der Waals surface area contributed by atoms with Crippen LogP contribution in [0.5, 0.6) is 23.0 Å². The van der Waals surface area contributed by atoms with Gasteiger partial charge in [0.1, 0.15) is 23.0 Å². The summed E-state index contributed by atoms with van der Waals surface area (Å²) in [6, 6.07) is 72.8. The Kier molecular flexibility index (Phi) is 13.0. The van der Waals surface area contributed by atoms with Crippen LogP contribution >= 0.6 is 0 Å². The molecular formula is C67H59NO6. The summed E-state index contributed by atoms with van der Waals surface area (Å²) in [6.07, 6.45) is -0.820. The smallest absolute Gasteiger partial charge is 0.497 e. The highest BCUT2D eigenvalue weighted by molar-refractivity contribution is 6.11. The fraction of sp³-hybridized carbons (Fsp3) is 0.164. The Morgan fingerprint density at radius 3 is 1.01 bits per heavy atom. The molecule has 10 aromatic rings. The molecule has 0 fully saturated rings. The van der Waals surface area contributed by atoms with Gasteiger partial charge in [0, 0.05) is 39.6 Å². The van der Waals surface area contributed by atoms with Crippen molar-refractivity contribution in [1.82, 2.24) is 4.57 Å². The summed E-state index contributed by atoms with van der Waals surface area (Å²) in [7, 11) is 1.70. The molecule has 0 saturated heterocycles. The minimum absolute atomic E-state index is 0.175. The van der Waals surface area contributed by atoms with E-state index in [4.69, 9.17) is 18.9 Å². The molecule has 0 spiro atoms. The number of benzene rings is 9. The zero-order chi connectivity index (χ0) is 51.8. The Labute approximate surface area is 433 Å². The van der Waals surface area contributed by atoms with Gasteiger partial charge in [0.25, 0.3) is 0 Å². The fourth-order valence-electron chi connectivity index (χ4n) is 10.1. The van der Waals surface area contributed by atoms with Crippen molar-refractivity contribution >= 4 is 33.9 Å². The Morgan fingerprint density at radius 2 is 0.676 bits per heavy atom. The van der Waals surface area contributed by atoms with Crippen molar-refractivity contribution in [3.05, 3.63) is 246 Å². The van der Waals surface area contributed by atoms with Gasteiger partial charge < -0.3 is 23.5 Å². The van der Waals surface area contributed by atoms with Crippen molar-refractivity contribution < 1.29 is 28.5 Å². The zero-order valence-corrected chi connectivity index (χ0v) is 43.1. The maximum Gasteiger partial charge on any atom is 0.519 e. The lowest BCUT2D eigenvalue weighted by Gasteiger charge is -2.26. The number of para-hydroxylation sites is 1. The van der Waals surface area contributed by atoms with Crippen LogP contribution in [0.2, 0.25) is 0 Å². The molecule has 7 heteroatoms. The van der Waals surface area contributed by atoms with Crippen LogP contribution < -0.4 is 18.9 Å². The molecule has 0 bridgehead atoms. The quantitative estimate of drug-likeness (QED) is 0.0651. The van der Waals surface area contributed by atoms with Crippen LogP contribution in [0.25, 0.3) is 49.7 Å². The van der Waals surface area contributed by atoms with E-state index in [2.05, 4.69) is 174 Å². The number of esters is 1. The molecule has 1 heterocycles. The van der Waals surface area contributed by atoms with E-state index in [9.17, 15) is 9.59 Å². The zero-order valence-electron chi connectivity index (χ0n) is 43.1. The summed E-state index contributed by atoms with van der Waals surface area (Å²) in [5, 5.41) is 2.39. The summed E-state index contributed by atoms with van der Waals surface area (Å²) in [4.78, 5) is 24.3. The van der Waals surface area contributed by atoms with Crippen molar-refractivity contribution in [1.29, 1.82) is 0 Å². The molecule has 0 aliphatic heterocycles. The fourth-order valence-corrected chi connectivity index (χ4v) is 10.1. The van der Waals surface area contributed by atoms with Gasteiger partial charge in [0.05, 0.1) is 18.1 Å². The van der Waals surface area contributed by atoms with Crippen molar-refractivity contribution in [2.75, 3.05) is 7.11 Å². The first-order valence-corrected chi connectivity index (χ1v) is 25.0. The highest BCUT2D eigenvalue weighted by Crippen LogP contribution is 2.40. The molecule has 10 rings (SSSR count). The van der Waals surface area contributed by atoms with Gasteiger partial charge in [-0.15, -0.1) is 0 Å². The first-order chi connectivity index (χ1) is 35.6. The monoisotopic (exact) mass is 973 g/mol. The number of ether oxygens (including phenoxy) is 4. The molecule has 0 radical (unpaired) electrons. The van der Waals surface area contributed by atoms with Gasteiger partial charge in [-0.3, -0.25) is 4.79 Å². The molecule has 9 aromatic carbocycles. The third-order valence-electron chi connectivity index (χ3n) is 14.9. The number of carbonyl (C=O) groups is 2. The van der Waals surface area contributed by atoms with Crippen molar-refractivity contribution in [2.45, 2.75) is 64.7 Å². The minimum Gasteiger partial charge on any atom is -0.497 e. The lowest BCUT2D eigenvalue weighted by Crippen LogP contribution is -2.19. The number of hydrogen-bond acceptors (Lipinski definition) is 6. The van der Waals surface area contributed by atoms with Gasteiger partial charge in [-0.25, -0.2) is 4.79 Å². The number of nitrogens with zero attached hydrogens (tertiary/aromatic N) is 1. The highest BCUT2D eigenvalue weighted by Gasteiger charge is 2.27. The van der Waals surface area contributed by atoms with E-state index in [0.29, 0.717) is 17.2 Å². The number of methoxy groups -OCH3 is 1. The van der Waals surface area contributed by atoms with Crippen LogP contribution in [0, 0.1) is 0 Å². The third-order valence-corrected chi connectivity index (χ3v) is 14.9. The minimum atomic E-state index is -0.820. The highest BCUT2D eigenvalue weighted by atomic mass is 16.7. The van der Waals surface area contributed by atoms with E-state index in [-0.39, 0.29) is 22.2 Å². The van der Waals surface area contributed by atoms with Crippen LogP contribution in [0.1, 0.15) is 81.8 Å². The lowest BCUT2D eigenvalue weighted by molar-refractivity contribution is -0.131. The standard InChI is InChI=1S/C67H59NO6/c1-44(69)72-57-34-26-52(27-35-57)67(6,7)54-30-38-59(39-31-54)74-64(70)73-58-36-28-53(29-37-58)66(4,5)50-22-16-46(17-23-50)48-19-41-63-61(43-48)60-42-47(18-40-62(60)68(63)55-12-10-9-11-13-55)45-14-20-49(21-15-45)65(2,3)51-24-32-56(71-8)33-25-51/h9-43H,1-8H3. The van der Waals surface area contributed by atoms with Crippen LogP contribution in [-0.2, 0) is 21.0 Å². The van der Waals surface area contributed by atoms with Gasteiger partial charge in [-0.2, -0.15) is 0 Å². The molecule has 0 amide bonds. The van der Waals surface area contributed by atoms with Crippen LogP contribution in [-0.4, -0.2) is 23.8 Å².